The van der Waals surface area contributed by atoms with Crippen LogP contribution in [0.25, 0.3) is 0 Å². The van der Waals surface area contributed by atoms with Gasteiger partial charge in [0.15, 0.2) is 6.61 Å². The van der Waals surface area contributed by atoms with E-state index in [-0.39, 0.29) is 29.1 Å². The third-order valence-corrected chi connectivity index (χ3v) is 9.84. The van der Waals surface area contributed by atoms with E-state index in [1.165, 1.54) is 19.3 Å². The first-order valence-electron chi connectivity index (χ1n) is 12.0. The molecule has 5 aliphatic rings. The number of amides is 1. The molecule has 1 amide bonds. The second-order valence-corrected chi connectivity index (χ2v) is 12.5. The van der Waals surface area contributed by atoms with E-state index in [2.05, 4.69) is 5.32 Å². The van der Waals surface area contributed by atoms with Crippen LogP contribution in [0.1, 0.15) is 44.9 Å². The Balaban J connectivity index is 1.22. The lowest BCUT2D eigenvalue weighted by atomic mass is 9.53. The highest BCUT2D eigenvalue weighted by Crippen LogP contribution is 2.55. The number of nitro groups is 1. The summed E-state index contributed by atoms with van der Waals surface area (Å²) in [5.41, 5.74) is -0.501. The van der Waals surface area contributed by atoms with Crippen LogP contribution >= 0.6 is 0 Å². The Hall–Kier alpha value is -2.57. The van der Waals surface area contributed by atoms with E-state index in [1.54, 1.807) is 0 Å². The van der Waals surface area contributed by atoms with Crippen molar-refractivity contribution >= 4 is 27.6 Å². The molecule has 4 aliphatic carbocycles. The van der Waals surface area contributed by atoms with Gasteiger partial charge in [-0.15, -0.1) is 0 Å². The zero-order valence-electron chi connectivity index (χ0n) is 19.2. The number of esters is 1. The van der Waals surface area contributed by atoms with Crippen molar-refractivity contribution in [3.8, 4) is 0 Å². The van der Waals surface area contributed by atoms with E-state index >= 15 is 0 Å². The third kappa shape index (κ3) is 4.66. The molecule has 6 rings (SSSR count). The number of nitrogens with one attached hydrogen (secondary N) is 1. The molecular weight excluding hydrogens is 478 g/mol. The fraction of sp³-hybridized carbons (Fsp3) is 0.652. The normalized spacial score (nSPS) is 34.0. The maximum atomic E-state index is 13.1. The van der Waals surface area contributed by atoms with E-state index in [0.717, 1.165) is 47.8 Å². The number of carbonyl (C=O) groups is 2. The highest BCUT2D eigenvalue weighted by atomic mass is 32.2. The van der Waals surface area contributed by atoms with Crippen molar-refractivity contribution in [1.82, 2.24) is 9.62 Å². The lowest BCUT2D eigenvalue weighted by Gasteiger charge is -2.56. The topological polar surface area (TPSA) is 156 Å². The second kappa shape index (κ2) is 8.82. The minimum Gasteiger partial charge on any atom is -0.454 e. The summed E-state index contributed by atoms with van der Waals surface area (Å²) in [7, 11) is -4.23. The molecule has 2 atom stereocenters. The summed E-state index contributed by atoms with van der Waals surface area (Å²) in [5, 5.41) is 24.0. The number of hydrogen-bond donors (Lipinski definition) is 2. The molecule has 190 valence electrons. The Labute approximate surface area is 203 Å². The standard InChI is InChI=1S/C23H29N3O8S/c27-18-8-20(25(12-18)35(32,33)19-3-1-17(2-4-19)26(30)31)22(29)34-13-21(28)24-23-9-14-5-15(10-23)7-16(6-14)11-23/h1-4,14-16,18,20,27H,5-13H2,(H,24,28)/t14?,15?,16?,18-,20-,23?/m0/s1. The molecular formula is C23H29N3O8S. The number of nitrogens with zero attached hydrogens (tertiary/aromatic N) is 2. The summed E-state index contributed by atoms with van der Waals surface area (Å²) in [4.78, 5) is 35.4. The lowest BCUT2D eigenvalue weighted by molar-refractivity contribution is -0.384. The van der Waals surface area contributed by atoms with Gasteiger partial charge in [0.1, 0.15) is 6.04 Å². The predicted octanol–water partition coefficient (Wildman–Crippen LogP) is 1.35. The number of carbonyl (C=O) groups excluding carboxylic acids is 2. The van der Waals surface area contributed by atoms with Crippen molar-refractivity contribution in [1.29, 1.82) is 0 Å². The van der Waals surface area contributed by atoms with E-state index in [4.69, 9.17) is 4.74 Å². The maximum Gasteiger partial charge on any atom is 0.325 e. The van der Waals surface area contributed by atoms with E-state index in [9.17, 15) is 33.2 Å². The molecule has 1 aliphatic heterocycles. The summed E-state index contributed by atoms with van der Waals surface area (Å²) in [6, 6.07) is 2.99. The molecule has 1 heterocycles. The van der Waals surface area contributed by atoms with Gasteiger partial charge in [0, 0.05) is 30.6 Å². The van der Waals surface area contributed by atoms with Gasteiger partial charge in [0.05, 0.1) is 15.9 Å². The molecule has 4 bridgehead atoms. The highest BCUT2D eigenvalue weighted by Gasteiger charge is 2.51. The predicted molar refractivity (Wildman–Crippen MR) is 121 cm³/mol. The van der Waals surface area contributed by atoms with Crippen LogP contribution in [0.3, 0.4) is 0 Å². The Morgan fingerprint density at radius 1 is 1.09 bits per heavy atom. The molecule has 5 fully saturated rings. The summed E-state index contributed by atoms with van der Waals surface area (Å²) in [6.45, 7) is -0.836. The number of aliphatic hydroxyl groups is 1. The number of aliphatic hydroxyl groups excluding tert-OH is 1. The van der Waals surface area contributed by atoms with Crippen molar-refractivity contribution in [3.05, 3.63) is 34.4 Å². The Morgan fingerprint density at radius 2 is 1.66 bits per heavy atom. The Bertz CT molecular complexity index is 1100. The number of β-amino-alcohol motifs (C(OH)–C–C–N with tert-alkyl or cyclic N) is 1. The van der Waals surface area contributed by atoms with Gasteiger partial charge in [-0.2, -0.15) is 4.31 Å². The second-order valence-electron chi connectivity index (χ2n) is 10.6. The smallest absolute Gasteiger partial charge is 0.325 e. The molecule has 1 saturated heterocycles. The molecule has 0 unspecified atom stereocenters. The summed E-state index contributed by atoms with van der Waals surface area (Å²) >= 11 is 0. The lowest BCUT2D eigenvalue weighted by Crippen LogP contribution is -2.60. The molecule has 12 heteroatoms. The van der Waals surface area contributed by atoms with Gasteiger partial charge in [-0.3, -0.25) is 19.7 Å². The third-order valence-electron chi connectivity index (χ3n) is 7.95. The molecule has 4 saturated carbocycles. The first kappa shape index (κ1) is 24.1. The van der Waals surface area contributed by atoms with Crippen molar-refractivity contribution in [2.45, 2.75) is 67.5 Å². The minimum absolute atomic E-state index is 0.165. The molecule has 0 spiro atoms. The number of ether oxygens (including phenoxy) is 1. The average molecular weight is 508 g/mol. The molecule has 11 nitrogen and oxygen atoms in total. The number of nitro benzene ring substituents is 1. The number of sulfonamides is 1. The molecule has 35 heavy (non-hydrogen) atoms. The van der Waals surface area contributed by atoms with Crippen LogP contribution in [0.4, 0.5) is 5.69 Å². The zero-order chi connectivity index (χ0) is 25.0. The first-order valence-corrected chi connectivity index (χ1v) is 13.4. The summed E-state index contributed by atoms with van der Waals surface area (Å²) < 4.78 is 32.2. The monoisotopic (exact) mass is 507 g/mol. The highest BCUT2D eigenvalue weighted by molar-refractivity contribution is 7.89. The summed E-state index contributed by atoms with van der Waals surface area (Å²) in [6.07, 6.45) is 5.30. The van der Waals surface area contributed by atoms with Crippen molar-refractivity contribution in [3.63, 3.8) is 0 Å². The molecule has 1 aromatic rings. The SMILES string of the molecule is O=C(COC(=O)[C@@H]1C[C@H](O)CN1S(=O)(=O)c1ccc([N+](=O)[O-])cc1)NC12CC3CC(CC(C3)C1)C2. The van der Waals surface area contributed by atoms with Gasteiger partial charge in [-0.1, -0.05) is 0 Å². The van der Waals surface area contributed by atoms with E-state index in [1.807, 2.05) is 0 Å². The first-order chi connectivity index (χ1) is 16.5. The quantitative estimate of drug-likeness (QED) is 0.318. The number of hydrogen-bond acceptors (Lipinski definition) is 8. The van der Waals surface area contributed by atoms with E-state index in [0.29, 0.717) is 17.8 Å². The van der Waals surface area contributed by atoms with Crippen molar-refractivity contribution in [2.24, 2.45) is 17.8 Å². The van der Waals surface area contributed by atoms with Crippen LogP contribution in [-0.2, 0) is 24.3 Å². The Kier molecular flexibility index (Phi) is 6.09. The average Bonchev–Trinajstić information content (AvgIpc) is 3.19. The zero-order valence-corrected chi connectivity index (χ0v) is 20.0. The van der Waals surface area contributed by atoms with Crippen LogP contribution in [0, 0.1) is 27.9 Å². The van der Waals surface area contributed by atoms with Gasteiger partial charge in [-0.05, 0) is 68.4 Å². The van der Waals surface area contributed by atoms with Crippen molar-refractivity contribution < 1.29 is 32.8 Å². The largest absolute Gasteiger partial charge is 0.454 e. The van der Waals surface area contributed by atoms with Gasteiger partial charge < -0.3 is 15.2 Å². The van der Waals surface area contributed by atoms with Gasteiger partial charge in [-0.25, -0.2) is 8.42 Å². The fourth-order valence-corrected chi connectivity index (χ4v) is 8.59. The van der Waals surface area contributed by atoms with Crippen LogP contribution in [0.2, 0.25) is 0 Å². The maximum absolute atomic E-state index is 13.1. The van der Waals surface area contributed by atoms with Gasteiger partial charge >= 0.3 is 5.97 Å². The number of non-ortho nitro benzene ring substituents is 1. The van der Waals surface area contributed by atoms with Gasteiger partial charge in [0.25, 0.3) is 11.6 Å². The molecule has 0 radical (unpaired) electrons. The van der Waals surface area contributed by atoms with E-state index < -0.39 is 45.6 Å². The Morgan fingerprint density at radius 3 is 2.20 bits per heavy atom. The van der Waals surface area contributed by atoms with Crippen molar-refractivity contribution in [2.75, 3.05) is 13.2 Å². The fourth-order valence-electron chi connectivity index (χ4n) is 6.97. The molecule has 0 aromatic heterocycles. The van der Waals surface area contributed by atoms with Crippen LogP contribution in [0.15, 0.2) is 29.2 Å². The molecule has 2 N–H and O–H groups in total. The van der Waals surface area contributed by atoms with Crippen LogP contribution in [0.5, 0.6) is 0 Å². The van der Waals surface area contributed by atoms with Gasteiger partial charge in [0.2, 0.25) is 10.0 Å². The van der Waals surface area contributed by atoms with Crippen LogP contribution < -0.4 is 5.32 Å². The van der Waals surface area contributed by atoms with Crippen LogP contribution in [-0.4, -0.2) is 65.5 Å². The summed E-state index contributed by atoms with van der Waals surface area (Å²) in [5.74, 6) is 0.614. The number of benzene rings is 1. The minimum atomic E-state index is -4.23. The number of rotatable bonds is 7. The molecule has 1 aromatic carbocycles.